The van der Waals surface area contributed by atoms with Crippen molar-refractivity contribution in [3.63, 3.8) is 0 Å². The van der Waals surface area contributed by atoms with Gasteiger partial charge >= 0.3 is 0 Å². The molecule has 0 amide bonds. The second-order valence-electron chi connectivity index (χ2n) is 4.71. The van der Waals surface area contributed by atoms with Crippen LogP contribution in [0.1, 0.15) is 28.3 Å². The molecular formula is C16H21NOS. The zero-order chi connectivity index (χ0) is 13.7. The molecule has 0 saturated carbocycles. The number of rotatable bonds is 6. The number of hydrogen-bond acceptors (Lipinski definition) is 3. The molecule has 1 heterocycles. The standard InChI is InChI=1S/C16H21NOS/c1-12-11-16(14(3)19-12)13(2)17-9-10-18-15-7-5-4-6-8-15/h4-8,11,13,17H,9-10H2,1-3H3. The highest BCUT2D eigenvalue weighted by Gasteiger charge is 2.10. The summed E-state index contributed by atoms with van der Waals surface area (Å²) in [6, 6.07) is 12.6. The lowest BCUT2D eigenvalue weighted by Crippen LogP contribution is -2.24. The van der Waals surface area contributed by atoms with Crippen LogP contribution in [0, 0.1) is 13.8 Å². The average molecular weight is 275 g/mol. The summed E-state index contributed by atoms with van der Waals surface area (Å²) in [7, 11) is 0. The molecule has 0 radical (unpaired) electrons. The summed E-state index contributed by atoms with van der Waals surface area (Å²) in [5.74, 6) is 0.930. The van der Waals surface area contributed by atoms with Crippen LogP contribution in [0.25, 0.3) is 0 Å². The number of nitrogens with one attached hydrogen (secondary N) is 1. The van der Waals surface area contributed by atoms with Crippen LogP contribution in [-0.2, 0) is 0 Å². The molecule has 2 rings (SSSR count). The van der Waals surface area contributed by atoms with Crippen molar-refractivity contribution in [1.82, 2.24) is 5.32 Å². The van der Waals surface area contributed by atoms with Crippen molar-refractivity contribution in [2.75, 3.05) is 13.2 Å². The van der Waals surface area contributed by atoms with E-state index in [0.717, 1.165) is 12.3 Å². The van der Waals surface area contributed by atoms with Crippen molar-refractivity contribution in [2.24, 2.45) is 0 Å². The second kappa shape index (κ2) is 6.73. The highest BCUT2D eigenvalue weighted by atomic mass is 32.1. The van der Waals surface area contributed by atoms with Crippen molar-refractivity contribution in [2.45, 2.75) is 26.8 Å². The van der Waals surface area contributed by atoms with Gasteiger partial charge in [0, 0.05) is 22.3 Å². The van der Waals surface area contributed by atoms with E-state index in [2.05, 4.69) is 32.2 Å². The number of benzene rings is 1. The summed E-state index contributed by atoms with van der Waals surface area (Å²) in [5, 5.41) is 3.50. The maximum atomic E-state index is 5.67. The van der Waals surface area contributed by atoms with Gasteiger partial charge in [0.2, 0.25) is 0 Å². The lowest BCUT2D eigenvalue weighted by molar-refractivity contribution is 0.307. The monoisotopic (exact) mass is 275 g/mol. The van der Waals surface area contributed by atoms with E-state index in [9.17, 15) is 0 Å². The maximum absolute atomic E-state index is 5.67. The third-order valence-corrected chi connectivity index (χ3v) is 4.09. The summed E-state index contributed by atoms with van der Waals surface area (Å²) >= 11 is 1.86. The quantitative estimate of drug-likeness (QED) is 0.802. The molecule has 19 heavy (non-hydrogen) atoms. The smallest absolute Gasteiger partial charge is 0.119 e. The Hall–Kier alpha value is -1.32. The predicted octanol–water partition coefficient (Wildman–Crippen LogP) is 4.09. The van der Waals surface area contributed by atoms with Gasteiger partial charge in [-0.1, -0.05) is 18.2 Å². The molecule has 0 bridgehead atoms. The minimum atomic E-state index is 0.379. The molecule has 2 aromatic rings. The molecule has 0 aliphatic rings. The first-order valence-corrected chi connectivity index (χ1v) is 7.46. The first-order valence-electron chi connectivity index (χ1n) is 6.65. The van der Waals surface area contributed by atoms with Crippen molar-refractivity contribution in [1.29, 1.82) is 0 Å². The van der Waals surface area contributed by atoms with E-state index in [1.807, 2.05) is 41.7 Å². The Morgan fingerprint density at radius 3 is 2.58 bits per heavy atom. The Balaban J connectivity index is 1.75. The molecule has 0 aliphatic carbocycles. The molecule has 0 spiro atoms. The minimum absolute atomic E-state index is 0.379. The highest BCUT2D eigenvalue weighted by Crippen LogP contribution is 2.25. The summed E-state index contributed by atoms with van der Waals surface area (Å²) in [5.41, 5.74) is 1.40. The van der Waals surface area contributed by atoms with Gasteiger partial charge in [-0.25, -0.2) is 0 Å². The fraction of sp³-hybridized carbons (Fsp3) is 0.375. The third-order valence-electron chi connectivity index (χ3n) is 3.11. The number of ether oxygens (including phenoxy) is 1. The lowest BCUT2D eigenvalue weighted by Gasteiger charge is -2.14. The van der Waals surface area contributed by atoms with E-state index in [-0.39, 0.29) is 0 Å². The van der Waals surface area contributed by atoms with Crippen LogP contribution in [0.2, 0.25) is 0 Å². The predicted molar refractivity (Wildman–Crippen MR) is 82.1 cm³/mol. The summed E-state index contributed by atoms with van der Waals surface area (Å²) in [6.07, 6.45) is 0. The van der Waals surface area contributed by atoms with Gasteiger partial charge in [0.15, 0.2) is 0 Å². The summed E-state index contributed by atoms with van der Waals surface area (Å²) in [4.78, 5) is 2.78. The van der Waals surface area contributed by atoms with E-state index < -0.39 is 0 Å². The molecule has 1 aromatic carbocycles. The van der Waals surface area contributed by atoms with Gasteiger partial charge in [0.25, 0.3) is 0 Å². The molecule has 1 N–H and O–H groups in total. The Morgan fingerprint density at radius 2 is 1.95 bits per heavy atom. The van der Waals surface area contributed by atoms with Gasteiger partial charge in [0.1, 0.15) is 12.4 Å². The topological polar surface area (TPSA) is 21.3 Å². The van der Waals surface area contributed by atoms with Crippen molar-refractivity contribution < 1.29 is 4.74 Å². The SMILES string of the molecule is Cc1cc(C(C)NCCOc2ccccc2)c(C)s1. The normalized spacial score (nSPS) is 12.4. The van der Waals surface area contributed by atoms with E-state index in [0.29, 0.717) is 12.6 Å². The molecule has 2 nitrogen and oxygen atoms in total. The van der Waals surface area contributed by atoms with Crippen LogP contribution in [0.3, 0.4) is 0 Å². The number of para-hydroxylation sites is 1. The molecule has 0 aliphatic heterocycles. The van der Waals surface area contributed by atoms with E-state index >= 15 is 0 Å². The third kappa shape index (κ3) is 4.08. The van der Waals surface area contributed by atoms with Crippen LogP contribution in [0.5, 0.6) is 5.75 Å². The van der Waals surface area contributed by atoms with Gasteiger partial charge in [0.05, 0.1) is 0 Å². The molecule has 3 heteroatoms. The maximum Gasteiger partial charge on any atom is 0.119 e. The molecule has 1 aromatic heterocycles. The van der Waals surface area contributed by atoms with E-state index in [4.69, 9.17) is 4.74 Å². The fourth-order valence-corrected chi connectivity index (χ4v) is 3.17. The number of aryl methyl sites for hydroxylation is 2. The number of thiophene rings is 1. The lowest BCUT2D eigenvalue weighted by atomic mass is 10.1. The van der Waals surface area contributed by atoms with Gasteiger partial charge in [-0.15, -0.1) is 11.3 Å². The molecule has 1 atom stereocenters. The van der Waals surface area contributed by atoms with Crippen LogP contribution in [-0.4, -0.2) is 13.2 Å². The van der Waals surface area contributed by atoms with E-state index in [1.54, 1.807) is 0 Å². The van der Waals surface area contributed by atoms with Gasteiger partial charge in [-0.05, 0) is 44.5 Å². The van der Waals surface area contributed by atoms with Crippen LogP contribution >= 0.6 is 11.3 Å². The van der Waals surface area contributed by atoms with Crippen LogP contribution < -0.4 is 10.1 Å². The Kier molecular flexibility index (Phi) is 5.00. The minimum Gasteiger partial charge on any atom is -0.492 e. The van der Waals surface area contributed by atoms with Gasteiger partial charge in [-0.2, -0.15) is 0 Å². The average Bonchev–Trinajstić information content (AvgIpc) is 2.75. The fourth-order valence-electron chi connectivity index (χ4n) is 2.15. The molecule has 102 valence electrons. The molecule has 0 saturated heterocycles. The molecule has 1 unspecified atom stereocenters. The van der Waals surface area contributed by atoms with Crippen molar-refractivity contribution in [3.05, 3.63) is 51.7 Å². The number of hydrogen-bond donors (Lipinski definition) is 1. The van der Waals surface area contributed by atoms with E-state index in [1.165, 1.54) is 15.3 Å². The Labute approximate surface area is 119 Å². The van der Waals surface area contributed by atoms with Crippen LogP contribution in [0.15, 0.2) is 36.4 Å². The first kappa shape index (κ1) is 14.1. The van der Waals surface area contributed by atoms with Crippen LogP contribution in [0.4, 0.5) is 0 Å². The second-order valence-corrected chi connectivity index (χ2v) is 6.17. The first-order chi connectivity index (χ1) is 9.16. The highest BCUT2D eigenvalue weighted by molar-refractivity contribution is 7.12. The molecular weight excluding hydrogens is 254 g/mol. The zero-order valence-electron chi connectivity index (χ0n) is 11.8. The Morgan fingerprint density at radius 1 is 1.21 bits per heavy atom. The van der Waals surface area contributed by atoms with Crippen molar-refractivity contribution >= 4 is 11.3 Å². The summed E-state index contributed by atoms with van der Waals surface area (Å²) in [6.45, 7) is 8.09. The van der Waals surface area contributed by atoms with Gasteiger partial charge < -0.3 is 10.1 Å². The van der Waals surface area contributed by atoms with Crippen molar-refractivity contribution in [3.8, 4) is 5.75 Å². The Bertz CT molecular complexity index is 507. The largest absolute Gasteiger partial charge is 0.492 e. The summed E-state index contributed by atoms with van der Waals surface area (Å²) < 4.78 is 5.67. The zero-order valence-corrected chi connectivity index (χ0v) is 12.6. The molecule has 0 fully saturated rings. The van der Waals surface area contributed by atoms with Gasteiger partial charge in [-0.3, -0.25) is 0 Å².